The smallest absolute Gasteiger partial charge is 0.282 e. The topological polar surface area (TPSA) is 17.1 Å². The molecule has 1 unspecified atom stereocenters. The van der Waals surface area contributed by atoms with Gasteiger partial charge in [-0.2, -0.15) is 8.78 Å². The predicted octanol–water partition coefficient (Wildman–Crippen LogP) is 4.82. The summed E-state index contributed by atoms with van der Waals surface area (Å²) in [6.07, 6.45) is -10.3. The maximum Gasteiger partial charge on any atom is 0.343 e. The number of rotatable bonds is 7. The quantitative estimate of drug-likeness (QED) is 0.657. The van der Waals surface area contributed by atoms with Crippen LogP contribution in [0.3, 0.4) is 0 Å². The molecular weight excluding hydrogens is 337 g/mol. The van der Waals surface area contributed by atoms with Gasteiger partial charge in [-0.3, -0.25) is 4.79 Å². The molecule has 1 aromatic carbocycles. The molecule has 0 heterocycles. The molecule has 0 radical (unpaired) electrons. The van der Waals surface area contributed by atoms with Crippen molar-refractivity contribution in [1.29, 1.82) is 0 Å². The van der Waals surface area contributed by atoms with Crippen LogP contribution in [0.1, 0.15) is 16.8 Å². The average molecular weight is 348 g/mol. The molecule has 1 aromatic rings. The monoisotopic (exact) mass is 348 g/mol. The lowest BCUT2D eigenvalue weighted by atomic mass is 10.1. The van der Waals surface area contributed by atoms with E-state index in [4.69, 9.17) is 0 Å². The van der Waals surface area contributed by atoms with Gasteiger partial charge in [0.25, 0.3) is 5.92 Å². The molecule has 0 spiro atoms. The lowest BCUT2D eigenvalue weighted by Crippen LogP contribution is -2.48. The predicted molar refractivity (Wildman–Crippen MR) is 68.6 cm³/mol. The Kier molecular flexibility index (Phi) is 6.27. The van der Waals surface area contributed by atoms with Gasteiger partial charge in [-0.1, -0.05) is 42.1 Å². The first-order valence-corrected chi connectivity index (χ1v) is 6.97. The molecule has 0 aliphatic rings. The molecule has 0 aliphatic carbocycles. The number of halogens is 7. The van der Waals surface area contributed by atoms with Crippen LogP contribution in [0.15, 0.2) is 30.3 Å². The van der Waals surface area contributed by atoms with Crippen molar-refractivity contribution in [2.75, 3.05) is 5.75 Å². The van der Waals surface area contributed by atoms with Crippen LogP contribution in [0.2, 0.25) is 0 Å². The lowest BCUT2D eigenvalue weighted by Gasteiger charge is -2.26. The number of hydrogen-bond acceptors (Lipinski definition) is 2. The summed E-state index contributed by atoms with van der Waals surface area (Å²) in [6, 6.07) is 7.51. The van der Waals surface area contributed by atoms with Gasteiger partial charge in [-0.25, -0.2) is 22.0 Å². The van der Waals surface area contributed by atoms with Crippen LogP contribution in [-0.4, -0.2) is 35.3 Å². The number of alkyl halides is 7. The SMILES string of the molecule is O=C(SCCC(F)(F)C(F)C(F)(F)C(F)F)c1ccccc1. The van der Waals surface area contributed by atoms with E-state index in [1.807, 2.05) is 0 Å². The Bertz CT molecular complexity index is 492. The van der Waals surface area contributed by atoms with Crippen LogP contribution in [0, 0.1) is 0 Å². The number of thioether (sulfide) groups is 1. The molecule has 1 atom stereocenters. The standard InChI is InChI=1S/C13H11F7OS/c14-10(13(19,20)11(15)16)12(17,18)6-7-22-9(21)8-4-2-1-3-5-8/h1-5,10-11H,6-7H2. The van der Waals surface area contributed by atoms with Gasteiger partial charge in [0.2, 0.25) is 11.3 Å². The Morgan fingerprint density at radius 3 is 2.09 bits per heavy atom. The van der Waals surface area contributed by atoms with Crippen molar-refractivity contribution in [2.24, 2.45) is 0 Å². The van der Waals surface area contributed by atoms with Crippen molar-refractivity contribution in [2.45, 2.75) is 30.9 Å². The zero-order chi connectivity index (χ0) is 17.0. The van der Waals surface area contributed by atoms with Gasteiger partial charge in [0.05, 0.1) is 0 Å². The van der Waals surface area contributed by atoms with Gasteiger partial charge in [0, 0.05) is 17.7 Å². The van der Waals surface area contributed by atoms with Crippen LogP contribution in [0.4, 0.5) is 30.7 Å². The molecule has 1 rings (SSSR count). The van der Waals surface area contributed by atoms with E-state index in [-0.39, 0.29) is 5.56 Å². The fourth-order valence-electron chi connectivity index (χ4n) is 1.46. The van der Waals surface area contributed by atoms with E-state index in [9.17, 15) is 35.5 Å². The molecule has 0 bridgehead atoms. The first-order chi connectivity index (χ1) is 10.1. The van der Waals surface area contributed by atoms with E-state index < -0.39 is 41.7 Å². The highest BCUT2D eigenvalue weighted by Crippen LogP contribution is 2.40. The molecule has 0 fully saturated rings. The van der Waals surface area contributed by atoms with Crippen molar-refractivity contribution in [1.82, 2.24) is 0 Å². The molecule has 0 aliphatic heterocycles. The minimum absolute atomic E-state index is 0.200. The van der Waals surface area contributed by atoms with Gasteiger partial charge in [-0.05, 0) is 0 Å². The van der Waals surface area contributed by atoms with Crippen molar-refractivity contribution >= 4 is 16.9 Å². The normalized spacial score (nSPS) is 14.2. The number of hydrogen-bond donors (Lipinski definition) is 0. The van der Waals surface area contributed by atoms with E-state index >= 15 is 0 Å². The minimum atomic E-state index is -5.45. The molecule has 0 amide bonds. The first kappa shape index (κ1) is 18.8. The van der Waals surface area contributed by atoms with Crippen LogP contribution < -0.4 is 0 Å². The van der Waals surface area contributed by atoms with Gasteiger partial charge in [0.1, 0.15) is 0 Å². The minimum Gasteiger partial charge on any atom is -0.282 e. The van der Waals surface area contributed by atoms with Gasteiger partial charge < -0.3 is 0 Å². The molecule has 22 heavy (non-hydrogen) atoms. The molecule has 0 aromatic heterocycles. The highest BCUT2D eigenvalue weighted by atomic mass is 32.2. The summed E-state index contributed by atoms with van der Waals surface area (Å²) in [5.74, 6) is -10.8. The summed E-state index contributed by atoms with van der Waals surface area (Å²) in [4.78, 5) is 11.6. The van der Waals surface area contributed by atoms with Crippen LogP contribution in [0.5, 0.6) is 0 Å². The fraction of sp³-hybridized carbons (Fsp3) is 0.462. The number of carbonyl (C=O) groups excluding carboxylic acids is 1. The molecule has 9 heteroatoms. The van der Waals surface area contributed by atoms with Gasteiger partial charge >= 0.3 is 12.3 Å². The second-order valence-electron chi connectivity index (χ2n) is 4.35. The third-order valence-corrected chi connectivity index (χ3v) is 3.58. The highest BCUT2D eigenvalue weighted by Gasteiger charge is 2.60. The van der Waals surface area contributed by atoms with Crippen molar-refractivity contribution in [3.8, 4) is 0 Å². The van der Waals surface area contributed by atoms with Crippen molar-refractivity contribution < 1.29 is 35.5 Å². The molecule has 0 saturated carbocycles. The van der Waals surface area contributed by atoms with E-state index in [0.29, 0.717) is 11.8 Å². The fourth-order valence-corrected chi connectivity index (χ4v) is 2.32. The van der Waals surface area contributed by atoms with Crippen molar-refractivity contribution in [3.63, 3.8) is 0 Å². The van der Waals surface area contributed by atoms with E-state index in [0.717, 1.165) is 0 Å². The Morgan fingerprint density at radius 1 is 1.05 bits per heavy atom. The molecule has 1 nitrogen and oxygen atoms in total. The lowest BCUT2D eigenvalue weighted by molar-refractivity contribution is -0.231. The zero-order valence-electron chi connectivity index (χ0n) is 10.9. The van der Waals surface area contributed by atoms with Gasteiger partial charge in [-0.15, -0.1) is 0 Å². The summed E-state index contributed by atoms with van der Waals surface area (Å²) in [5.41, 5.74) is 0.200. The summed E-state index contributed by atoms with van der Waals surface area (Å²) in [5, 5.41) is -0.604. The summed E-state index contributed by atoms with van der Waals surface area (Å²) in [7, 11) is 0. The van der Waals surface area contributed by atoms with Crippen LogP contribution >= 0.6 is 11.8 Å². The largest absolute Gasteiger partial charge is 0.343 e. The Labute approximate surface area is 125 Å². The Hall–Kier alpha value is -1.25. The van der Waals surface area contributed by atoms with Crippen molar-refractivity contribution in [3.05, 3.63) is 35.9 Å². The molecule has 0 N–H and O–H groups in total. The third-order valence-electron chi connectivity index (χ3n) is 2.68. The number of carbonyl (C=O) groups is 1. The highest BCUT2D eigenvalue weighted by molar-refractivity contribution is 8.14. The second kappa shape index (κ2) is 7.34. The maximum atomic E-state index is 13.2. The summed E-state index contributed by atoms with van der Waals surface area (Å²) in [6.45, 7) is 0. The molecule has 124 valence electrons. The van der Waals surface area contributed by atoms with E-state index in [2.05, 4.69) is 0 Å². The zero-order valence-corrected chi connectivity index (χ0v) is 11.7. The Morgan fingerprint density at radius 2 is 1.59 bits per heavy atom. The average Bonchev–Trinajstić information content (AvgIpc) is 2.46. The van der Waals surface area contributed by atoms with Gasteiger partial charge in [0.15, 0.2) is 0 Å². The molecular formula is C13H11F7OS. The van der Waals surface area contributed by atoms with E-state index in [1.54, 1.807) is 6.07 Å². The van der Waals surface area contributed by atoms with Crippen LogP contribution in [-0.2, 0) is 0 Å². The summed E-state index contributed by atoms with van der Waals surface area (Å²) < 4.78 is 88.4. The first-order valence-electron chi connectivity index (χ1n) is 5.99. The maximum absolute atomic E-state index is 13.2. The summed E-state index contributed by atoms with van der Waals surface area (Å²) >= 11 is 0.375. The number of benzene rings is 1. The second-order valence-corrected chi connectivity index (χ2v) is 5.42. The molecule has 0 saturated heterocycles. The van der Waals surface area contributed by atoms with E-state index in [1.165, 1.54) is 24.3 Å². The van der Waals surface area contributed by atoms with Crippen LogP contribution in [0.25, 0.3) is 0 Å². The third kappa shape index (κ3) is 4.62. The Balaban J connectivity index is 2.57.